The number of carboxylic acids is 1. The summed E-state index contributed by atoms with van der Waals surface area (Å²) in [5.41, 5.74) is 1.28. The molecule has 1 aromatic heterocycles. The number of aromatic carboxylic acids is 1. The summed E-state index contributed by atoms with van der Waals surface area (Å²) in [5, 5.41) is 9.11. The smallest absolute Gasteiger partial charge is 0.337 e. The first-order valence-corrected chi connectivity index (χ1v) is 8.26. The molecule has 0 bridgehead atoms. The van der Waals surface area contributed by atoms with E-state index in [1.54, 1.807) is 4.90 Å². The molecule has 1 unspecified atom stereocenters. The summed E-state index contributed by atoms with van der Waals surface area (Å²) in [6.45, 7) is 1.63. The lowest BCUT2D eigenvalue weighted by atomic mass is 10.1. The Morgan fingerprint density at radius 1 is 1.20 bits per heavy atom. The second-order valence-corrected chi connectivity index (χ2v) is 6.07. The Labute approximate surface area is 146 Å². The van der Waals surface area contributed by atoms with Crippen LogP contribution in [-0.2, 0) is 11.3 Å². The van der Waals surface area contributed by atoms with Crippen molar-refractivity contribution in [1.29, 1.82) is 0 Å². The van der Waals surface area contributed by atoms with Crippen molar-refractivity contribution in [3.63, 3.8) is 0 Å². The summed E-state index contributed by atoms with van der Waals surface area (Å²) in [7, 11) is 0. The van der Waals surface area contributed by atoms with Crippen LogP contribution < -0.4 is 0 Å². The van der Waals surface area contributed by atoms with E-state index in [0.717, 1.165) is 18.4 Å². The minimum absolute atomic E-state index is 0.00243. The van der Waals surface area contributed by atoms with Gasteiger partial charge in [0.05, 0.1) is 17.2 Å². The molecule has 1 fully saturated rings. The number of carboxylic acid groups (broad SMARTS) is 1. The lowest BCUT2D eigenvalue weighted by Gasteiger charge is -2.25. The van der Waals surface area contributed by atoms with E-state index in [1.807, 2.05) is 30.3 Å². The molecule has 1 aliphatic rings. The van der Waals surface area contributed by atoms with Gasteiger partial charge in [-0.25, -0.2) is 4.79 Å². The second-order valence-electron chi connectivity index (χ2n) is 6.07. The number of pyridine rings is 1. The highest BCUT2D eigenvalue weighted by Gasteiger charge is 2.24. The molecule has 25 heavy (non-hydrogen) atoms. The first-order chi connectivity index (χ1) is 12.1. The molecule has 1 saturated heterocycles. The molecule has 6 heteroatoms. The molecular weight excluding hydrogens is 320 g/mol. The van der Waals surface area contributed by atoms with Crippen LogP contribution in [0.5, 0.6) is 0 Å². The van der Waals surface area contributed by atoms with Gasteiger partial charge in [-0.2, -0.15) is 0 Å². The summed E-state index contributed by atoms with van der Waals surface area (Å²) in [6, 6.07) is 11.1. The van der Waals surface area contributed by atoms with Crippen molar-refractivity contribution in [2.24, 2.45) is 0 Å². The van der Waals surface area contributed by atoms with E-state index in [9.17, 15) is 9.59 Å². The maximum atomic E-state index is 12.9. The fraction of sp³-hybridized carbons (Fsp3) is 0.316. The molecule has 0 radical (unpaired) electrons. The van der Waals surface area contributed by atoms with Crippen molar-refractivity contribution in [2.45, 2.75) is 25.5 Å². The Kier molecular flexibility index (Phi) is 5.40. The number of hydrogen-bond acceptors (Lipinski definition) is 4. The molecule has 1 N–H and O–H groups in total. The van der Waals surface area contributed by atoms with Crippen molar-refractivity contribution in [1.82, 2.24) is 9.88 Å². The summed E-state index contributed by atoms with van der Waals surface area (Å²) in [4.78, 5) is 29.7. The first kappa shape index (κ1) is 17.1. The molecule has 1 aliphatic heterocycles. The molecule has 0 saturated carbocycles. The van der Waals surface area contributed by atoms with Gasteiger partial charge in [0.2, 0.25) is 0 Å². The van der Waals surface area contributed by atoms with E-state index in [1.165, 1.54) is 18.5 Å². The van der Waals surface area contributed by atoms with Crippen molar-refractivity contribution in [3.05, 3.63) is 65.5 Å². The van der Waals surface area contributed by atoms with Crippen LogP contribution in [0.4, 0.5) is 0 Å². The molecule has 2 aromatic rings. The second kappa shape index (κ2) is 7.90. The SMILES string of the molecule is O=C(O)c1cncc(C(=O)N(Cc2ccccc2)CC2CCCO2)c1. The van der Waals surface area contributed by atoms with Crippen LogP contribution in [0.25, 0.3) is 0 Å². The average molecular weight is 340 g/mol. The topological polar surface area (TPSA) is 79.7 Å². The zero-order valence-corrected chi connectivity index (χ0v) is 13.8. The van der Waals surface area contributed by atoms with Crippen molar-refractivity contribution < 1.29 is 19.4 Å². The molecule has 1 aromatic carbocycles. The highest BCUT2D eigenvalue weighted by atomic mass is 16.5. The maximum absolute atomic E-state index is 12.9. The number of hydrogen-bond donors (Lipinski definition) is 1. The Morgan fingerprint density at radius 2 is 1.96 bits per heavy atom. The van der Waals surface area contributed by atoms with Crippen LogP contribution in [0.2, 0.25) is 0 Å². The van der Waals surface area contributed by atoms with Gasteiger partial charge in [0.15, 0.2) is 0 Å². The molecule has 0 spiro atoms. The van der Waals surface area contributed by atoms with Gasteiger partial charge in [0, 0.05) is 32.1 Å². The summed E-state index contributed by atoms with van der Waals surface area (Å²) >= 11 is 0. The van der Waals surface area contributed by atoms with Crippen molar-refractivity contribution >= 4 is 11.9 Å². The van der Waals surface area contributed by atoms with E-state index in [4.69, 9.17) is 9.84 Å². The quantitative estimate of drug-likeness (QED) is 0.874. The number of benzene rings is 1. The van der Waals surface area contributed by atoms with Gasteiger partial charge >= 0.3 is 5.97 Å². The monoisotopic (exact) mass is 340 g/mol. The number of carbonyl (C=O) groups is 2. The predicted octanol–water partition coefficient (Wildman–Crippen LogP) is 2.60. The molecule has 2 heterocycles. The number of amides is 1. The van der Waals surface area contributed by atoms with Crippen LogP contribution in [0.3, 0.4) is 0 Å². The number of rotatable bonds is 6. The van der Waals surface area contributed by atoms with Crippen LogP contribution in [0.15, 0.2) is 48.8 Å². The number of ether oxygens (including phenoxy) is 1. The minimum atomic E-state index is -1.10. The van der Waals surface area contributed by atoms with Crippen LogP contribution in [0.1, 0.15) is 39.1 Å². The minimum Gasteiger partial charge on any atom is -0.478 e. The van der Waals surface area contributed by atoms with Gasteiger partial charge in [-0.3, -0.25) is 9.78 Å². The van der Waals surface area contributed by atoms with Gasteiger partial charge in [-0.1, -0.05) is 30.3 Å². The standard InChI is InChI=1S/C19H20N2O4/c22-18(15-9-16(19(23)24)11-20-10-15)21(13-17-7-4-8-25-17)12-14-5-2-1-3-6-14/h1-3,5-6,9-11,17H,4,7-8,12-13H2,(H,23,24). The van der Waals surface area contributed by atoms with E-state index in [0.29, 0.717) is 19.7 Å². The summed E-state index contributed by atoms with van der Waals surface area (Å²) in [5.74, 6) is -1.34. The average Bonchev–Trinajstić information content (AvgIpc) is 3.14. The Balaban J connectivity index is 1.82. The first-order valence-electron chi connectivity index (χ1n) is 8.26. The van der Waals surface area contributed by atoms with Crippen LogP contribution in [-0.4, -0.2) is 46.1 Å². The third-order valence-corrected chi connectivity index (χ3v) is 4.18. The Hall–Kier alpha value is -2.73. The molecule has 1 amide bonds. The van der Waals surface area contributed by atoms with Gasteiger partial charge < -0.3 is 14.7 Å². The molecule has 1 atom stereocenters. The highest BCUT2D eigenvalue weighted by Crippen LogP contribution is 2.17. The van der Waals surface area contributed by atoms with Crippen LogP contribution in [0, 0.1) is 0 Å². The van der Waals surface area contributed by atoms with E-state index < -0.39 is 5.97 Å². The molecule has 3 rings (SSSR count). The third kappa shape index (κ3) is 4.42. The van der Waals surface area contributed by atoms with Gasteiger partial charge in [-0.15, -0.1) is 0 Å². The largest absolute Gasteiger partial charge is 0.478 e. The highest BCUT2D eigenvalue weighted by molar-refractivity contribution is 5.97. The van der Waals surface area contributed by atoms with E-state index in [-0.39, 0.29) is 23.1 Å². The molecular formula is C19H20N2O4. The normalized spacial score (nSPS) is 16.6. The van der Waals surface area contributed by atoms with E-state index in [2.05, 4.69) is 4.98 Å². The van der Waals surface area contributed by atoms with Crippen LogP contribution >= 0.6 is 0 Å². The fourth-order valence-corrected chi connectivity index (χ4v) is 2.91. The Bertz CT molecular complexity index is 742. The zero-order chi connectivity index (χ0) is 17.6. The van der Waals surface area contributed by atoms with Gasteiger partial charge in [-0.05, 0) is 24.5 Å². The van der Waals surface area contributed by atoms with E-state index >= 15 is 0 Å². The lowest BCUT2D eigenvalue weighted by Crippen LogP contribution is -2.37. The predicted molar refractivity (Wildman–Crippen MR) is 91.4 cm³/mol. The summed E-state index contributed by atoms with van der Waals surface area (Å²) < 4.78 is 5.67. The summed E-state index contributed by atoms with van der Waals surface area (Å²) in [6.07, 6.45) is 4.58. The van der Waals surface area contributed by atoms with Gasteiger partial charge in [0.1, 0.15) is 0 Å². The van der Waals surface area contributed by atoms with Gasteiger partial charge in [0.25, 0.3) is 5.91 Å². The molecule has 6 nitrogen and oxygen atoms in total. The van der Waals surface area contributed by atoms with Crippen molar-refractivity contribution in [2.75, 3.05) is 13.2 Å². The molecule has 130 valence electrons. The third-order valence-electron chi connectivity index (χ3n) is 4.18. The number of nitrogens with zero attached hydrogens (tertiary/aromatic N) is 2. The maximum Gasteiger partial charge on any atom is 0.337 e. The number of aromatic nitrogens is 1. The van der Waals surface area contributed by atoms with Crippen molar-refractivity contribution in [3.8, 4) is 0 Å². The zero-order valence-electron chi connectivity index (χ0n) is 13.8. The number of carbonyl (C=O) groups excluding carboxylic acids is 1. The Morgan fingerprint density at radius 3 is 2.64 bits per heavy atom. The molecule has 0 aliphatic carbocycles. The fourth-order valence-electron chi connectivity index (χ4n) is 2.91. The lowest BCUT2D eigenvalue weighted by molar-refractivity contribution is 0.0507.